The van der Waals surface area contributed by atoms with E-state index < -0.39 is 0 Å². The van der Waals surface area contributed by atoms with Crippen molar-refractivity contribution in [3.8, 4) is 11.1 Å². The van der Waals surface area contributed by atoms with Crippen molar-refractivity contribution in [3.05, 3.63) is 64.2 Å². The van der Waals surface area contributed by atoms with Gasteiger partial charge >= 0.3 is 0 Å². The smallest absolute Gasteiger partial charge is 0.277 e. The fraction of sp³-hybridized carbons (Fsp3) is 0.158. The third kappa shape index (κ3) is 3.01. The van der Waals surface area contributed by atoms with Crippen molar-refractivity contribution < 1.29 is 9.59 Å². The number of amides is 1. The molecule has 0 spiro atoms. The summed E-state index contributed by atoms with van der Waals surface area (Å²) in [5, 5.41) is 5.21. The number of aldehydes is 1. The Morgan fingerprint density at radius 3 is 2.74 bits per heavy atom. The fourth-order valence-electron chi connectivity index (χ4n) is 3.23. The number of hydrogen-bond donors (Lipinski definition) is 0. The Morgan fingerprint density at radius 1 is 1.19 bits per heavy atom. The van der Waals surface area contributed by atoms with Gasteiger partial charge in [-0.25, -0.2) is 0 Å². The number of fused-ring (bicyclic) bond motifs is 1. The van der Waals surface area contributed by atoms with Crippen molar-refractivity contribution in [1.82, 2.24) is 14.8 Å². The van der Waals surface area contributed by atoms with Crippen molar-refractivity contribution in [1.29, 1.82) is 0 Å². The summed E-state index contributed by atoms with van der Waals surface area (Å²) in [5.41, 5.74) is 2.79. The number of pyridine rings is 1. The average Bonchev–Trinajstić information content (AvgIpc) is 3.13. The minimum absolute atomic E-state index is 0.0340. The highest BCUT2D eigenvalue weighted by Crippen LogP contribution is 2.34. The van der Waals surface area contributed by atoms with Crippen LogP contribution in [0.4, 0.5) is 5.69 Å². The summed E-state index contributed by atoms with van der Waals surface area (Å²) in [5.74, 6) is -0.191. The van der Waals surface area contributed by atoms with E-state index in [1.807, 2.05) is 6.92 Å². The molecular formula is C19H14Cl2N4O2. The molecule has 0 fully saturated rings. The van der Waals surface area contributed by atoms with Crippen LogP contribution in [0.5, 0.6) is 0 Å². The van der Waals surface area contributed by atoms with Crippen LogP contribution in [-0.4, -0.2) is 33.5 Å². The Kier molecular flexibility index (Phi) is 4.45. The molecule has 4 rings (SSSR count). The van der Waals surface area contributed by atoms with Crippen LogP contribution in [0.15, 0.2) is 42.7 Å². The van der Waals surface area contributed by atoms with E-state index >= 15 is 0 Å². The fourth-order valence-corrected chi connectivity index (χ4v) is 3.52. The molecule has 1 aliphatic heterocycles. The largest absolute Gasteiger partial charge is 0.305 e. The molecule has 1 atom stereocenters. The first kappa shape index (κ1) is 17.7. The van der Waals surface area contributed by atoms with E-state index in [1.54, 1.807) is 46.1 Å². The number of hydrogen-bond acceptors (Lipinski definition) is 4. The molecule has 6 nitrogen and oxygen atoms in total. The summed E-state index contributed by atoms with van der Waals surface area (Å²) in [6.45, 7) is 2.45. The Hall–Kier alpha value is -2.70. The summed E-state index contributed by atoms with van der Waals surface area (Å²) >= 11 is 12.1. The molecule has 3 heterocycles. The summed E-state index contributed by atoms with van der Waals surface area (Å²) in [6.07, 6.45) is 3.86. The van der Waals surface area contributed by atoms with Crippen LogP contribution < -0.4 is 4.90 Å². The van der Waals surface area contributed by atoms with E-state index in [0.29, 0.717) is 51.1 Å². The van der Waals surface area contributed by atoms with Gasteiger partial charge in [0.2, 0.25) is 0 Å². The van der Waals surface area contributed by atoms with Crippen molar-refractivity contribution in [2.24, 2.45) is 0 Å². The summed E-state index contributed by atoms with van der Waals surface area (Å²) in [7, 11) is 0. The van der Waals surface area contributed by atoms with Crippen LogP contribution >= 0.6 is 23.2 Å². The normalized spacial score (nSPS) is 16.3. The van der Waals surface area contributed by atoms with Gasteiger partial charge in [0.1, 0.15) is 11.4 Å². The van der Waals surface area contributed by atoms with Gasteiger partial charge in [0, 0.05) is 24.0 Å². The van der Waals surface area contributed by atoms with Crippen molar-refractivity contribution >= 4 is 41.1 Å². The maximum atomic E-state index is 13.3. The number of carbonyl (C=O) groups excluding carboxylic acids is 2. The zero-order valence-electron chi connectivity index (χ0n) is 14.3. The lowest BCUT2D eigenvalue weighted by molar-refractivity contribution is 0.0954. The molecule has 0 N–H and O–H groups in total. The van der Waals surface area contributed by atoms with Crippen molar-refractivity contribution in [2.45, 2.75) is 13.0 Å². The topological polar surface area (TPSA) is 68.1 Å². The zero-order valence-corrected chi connectivity index (χ0v) is 15.8. The first-order valence-electron chi connectivity index (χ1n) is 8.25. The van der Waals surface area contributed by atoms with Gasteiger partial charge in [-0.15, -0.1) is 0 Å². The van der Waals surface area contributed by atoms with Crippen LogP contribution in [-0.2, 0) is 0 Å². The molecule has 8 heteroatoms. The number of carbonyl (C=O) groups is 2. The Balaban J connectivity index is 1.81. The SMILES string of the molecule is CC1CN(c2ccc(Cl)c(Cl)c2)C(=O)c2c(-c3ccnc(C=O)c3)cnn21. The highest BCUT2D eigenvalue weighted by Gasteiger charge is 2.33. The van der Waals surface area contributed by atoms with E-state index in [4.69, 9.17) is 23.2 Å². The number of rotatable bonds is 3. The number of anilines is 1. The molecule has 0 saturated carbocycles. The predicted molar refractivity (Wildman–Crippen MR) is 104 cm³/mol. The third-order valence-electron chi connectivity index (χ3n) is 4.54. The molecular weight excluding hydrogens is 387 g/mol. The quantitative estimate of drug-likeness (QED) is 0.615. The monoisotopic (exact) mass is 400 g/mol. The Morgan fingerprint density at radius 2 is 2.00 bits per heavy atom. The van der Waals surface area contributed by atoms with E-state index in [-0.39, 0.29) is 11.9 Å². The Labute approximate surface area is 165 Å². The minimum Gasteiger partial charge on any atom is -0.305 e. The third-order valence-corrected chi connectivity index (χ3v) is 5.27. The van der Waals surface area contributed by atoms with E-state index in [0.717, 1.165) is 0 Å². The van der Waals surface area contributed by atoms with E-state index in [2.05, 4.69) is 10.1 Å². The minimum atomic E-state index is -0.191. The molecule has 3 aromatic rings. The molecule has 0 saturated heterocycles. The summed E-state index contributed by atoms with van der Waals surface area (Å²) in [4.78, 5) is 30.0. The van der Waals surface area contributed by atoms with Crippen molar-refractivity contribution in [2.75, 3.05) is 11.4 Å². The second-order valence-electron chi connectivity index (χ2n) is 6.30. The van der Waals surface area contributed by atoms with Gasteiger partial charge in [0.15, 0.2) is 6.29 Å². The molecule has 1 aromatic carbocycles. The summed E-state index contributed by atoms with van der Waals surface area (Å²) in [6, 6.07) is 8.47. The number of benzene rings is 1. The Bertz CT molecular complexity index is 1060. The number of nitrogens with zero attached hydrogens (tertiary/aromatic N) is 4. The lowest BCUT2D eigenvalue weighted by atomic mass is 10.0. The molecule has 0 radical (unpaired) electrons. The highest BCUT2D eigenvalue weighted by molar-refractivity contribution is 6.42. The van der Waals surface area contributed by atoms with Crippen molar-refractivity contribution in [3.63, 3.8) is 0 Å². The molecule has 0 aliphatic carbocycles. The van der Waals surface area contributed by atoms with Crippen LogP contribution in [0.2, 0.25) is 10.0 Å². The van der Waals surface area contributed by atoms with Gasteiger partial charge < -0.3 is 4.90 Å². The zero-order chi connectivity index (χ0) is 19.1. The van der Waals surface area contributed by atoms with Crippen LogP contribution in [0, 0.1) is 0 Å². The second-order valence-corrected chi connectivity index (χ2v) is 7.12. The molecule has 0 bridgehead atoms. The van der Waals surface area contributed by atoms with Gasteiger partial charge in [0.25, 0.3) is 5.91 Å². The number of halogens is 2. The van der Waals surface area contributed by atoms with Crippen LogP contribution in [0.3, 0.4) is 0 Å². The molecule has 2 aromatic heterocycles. The molecule has 1 aliphatic rings. The van der Waals surface area contributed by atoms with E-state index in [1.165, 1.54) is 6.20 Å². The predicted octanol–water partition coefficient (Wildman–Crippen LogP) is 4.29. The van der Waals surface area contributed by atoms with Gasteiger partial charge in [-0.3, -0.25) is 19.3 Å². The molecule has 136 valence electrons. The van der Waals surface area contributed by atoms with Crippen LogP contribution in [0.25, 0.3) is 11.1 Å². The summed E-state index contributed by atoms with van der Waals surface area (Å²) < 4.78 is 1.71. The number of aromatic nitrogens is 3. The average molecular weight is 401 g/mol. The van der Waals surface area contributed by atoms with Gasteiger partial charge in [-0.05, 0) is 42.8 Å². The molecule has 27 heavy (non-hydrogen) atoms. The first-order valence-corrected chi connectivity index (χ1v) is 9.01. The van der Waals surface area contributed by atoms with Gasteiger partial charge in [-0.2, -0.15) is 5.10 Å². The van der Waals surface area contributed by atoms with Gasteiger partial charge in [-0.1, -0.05) is 23.2 Å². The maximum Gasteiger partial charge on any atom is 0.277 e. The van der Waals surface area contributed by atoms with Gasteiger partial charge in [0.05, 0.1) is 22.3 Å². The lowest BCUT2D eigenvalue weighted by Gasteiger charge is -2.32. The van der Waals surface area contributed by atoms with E-state index in [9.17, 15) is 9.59 Å². The standard InChI is InChI=1S/C19H14Cl2N4O2/c1-11-9-24(14-2-3-16(20)17(21)7-14)19(27)18-15(8-23-25(11)18)12-4-5-22-13(6-12)10-26/h2-8,10-11H,9H2,1H3. The molecule has 1 amide bonds. The first-order chi connectivity index (χ1) is 13.0. The molecule has 1 unspecified atom stereocenters. The van der Waals surface area contributed by atoms with Crippen LogP contribution in [0.1, 0.15) is 33.9 Å². The maximum absolute atomic E-state index is 13.3. The highest BCUT2D eigenvalue weighted by atomic mass is 35.5. The lowest BCUT2D eigenvalue weighted by Crippen LogP contribution is -2.42. The second kappa shape index (κ2) is 6.79.